The number of rotatable bonds is 5. The molecule has 6 heteroatoms. The van der Waals surface area contributed by atoms with Crippen molar-refractivity contribution < 1.29 is 4.74 Å². The van der Waals surface area contributed by atoms with Crippen LogP contribution >= 0.6 is 34.9 Å². The van der Waals surface area contributed by atoms with E-state index >= 15 is 0 Å². The van der Waals surface area contributed by atoms with Gasteiger partial charge in [0.15, 0.2) is 4.34 Å². The molecule has 2 heterocycles. The number of fused-ring (bicyclic) bond motifs is 1. The lowest BCUT2D eigenvalue weighted by Crippen LogP contribution is -2.06. The largest absolute Gasteiger partial charge is 0.497 e. The number of hydrogen-bond acceptors (Lipinski definition) is 6. The fraction of sp³-hybridized carbons (Fsp3) is 0.222. The van der Waals surface area contributed by atoms with E-state index in [2.05, 4.69) is 30.3 Å². The zero-order valence-electron chi connectivity index (χ0n) is 13.1. The van der Waals surface area contributed by atoms with Gasteiger partial charge in [0.1, 0.15) is 5.75 Å². The number of hydrogen-bond donors (Lipinski definition) is 0. The number of nitrogens with zero attached hydrogens (tertiary/aromatic N) is 2. The summed E-state index contributed by atoms with van der Waals surface area (Å²) in [5.41, 5.74) is 2.27. The van der Waals surface area contributed by atoms with E-state index in [1.807, 2.05) is 41.7 Å². The summed E-state index contributed by atoms with van der Waals surface area (Å²) in [4.78, 5) is 9.40. The molecule has 4 rings (SSSR count). The first-order valence-electron chi connectivity index (χ1n) is 7.66. The summed E-state index contributed by atoms with van der Waals surface area (Å²) in [6.07, 6.45) is 0. The van der Waals surface area contributed by atoms with Crippen LogP contribution in [-0.2, 0) is 0 Å². The molecule has 0 N–H and O–H groups in total. The number of thiazole rings is 1. The van der Waals surface area contributed by atoms with E-state index in [9.17, 15) is 0 Å². The fourth-order valence-electron chi connectivity index (χ4n) is 2.47. The SMILES string of the molecule is COc1ccc(C2=NCC(CSc3nc4ccccc4s3)S2)cc1. The van der Waals surface area contributed by atoms with E-state index in [1.165, 1.54) is 10.3 Å². The van der Waals surface area contributed by atoms with Gasteiger partial charge in [0, 0.05) is 16.6 Å². The van der Waals surface area contributed by atoms with Gasteiger partial charge in [-0.3, -0.25) is 4.99 Å². The molecule has 0 aliphatic carbocycles. The van der Waals surface area contributed by atoms with Crippen molar-refractivity contribution in [1.29, 1.82) is 0 Å². The van der Waals surface area contributed by atoms with Gasteiger partial charge in [-0.1, -0.05) is 23.9 Å². The Labute approximate surface area is 153 Å². The summed E-state index contributed by atoms with van der Waals surface area (Å²) in [7, 11) is 1.69. The van der Waals surface area contributed by atoms with Gasteiger partial charge < -0.3 is 4.74 Å². The van der Waals surface area contributed by atoms with Crippen molar-refractivity contribution in [2.45, 2.75) is 9.59 Å². The predicted molar refractivity (Wildman–Crippen MR) is 106 cm³/mol. The second-order valence-electron chi connectivity index (χ2n) is 5.37. The van der Waals surface area contributed by atoms with Gasteiger partial charge in [-0.25, -0.2) is 4.98 Å². The minimum atomic E-state index is 0.513. The van der Waals surface area contributed by atoms with Gasteiger partial charge in [0.25, 0.3) is 0 Å². The second-order valence-corrected chi connectivity index (χ2v) is 8.96. The van der Waals surface area contributed by atoms with Crippen molar-refractivity contribution in [3.8, 4) is 5.75 Å². The number of para-hydroxylation sites is 1. The summed E-state index contributed by atoms with van der Waals surface area (Å²) in [6.45, 7) is 0.879. The summed E-state index contributed by atoms with van der Waals surface area (Å²) in [5.74, 6) is 1.92. The third kappa shape index (κ3) is 3.45. The topological polar surface area (TPSA) is 34.5 Å². The first-order valence-corrected chi connectivity index (χ1v) is 10.3. The molecular weight excluding hydrogens is 356 g/mol. The molecule has 2 aromatic carbocycles. The van der Waals surface area contributed by atoms with Gasteiger partial charge in [-0.2, -0.15) is 0 Å². The van der Waals surface area contributed by atoms with Crippen LogP contribution in [0, 0.1) is 0 Å². The molecule has 0 radical (unpaired) electrons. The first-order chi connectivity index (χ1) is 11.8. The van der Waals surface area contributed by atoms with Crippen molar-refractivity contribution in [3.63, 3.8) is 0 Å². The second kappa shape index (κ2) is 7.17. The van der Waals surface area contributed by atoms with E-state index in [0.717, 1.165) is 32.9 Å². The lowest BCUT2D eigenvalue weighted by Gasteiger charge is -2.07. The average molecular weight is 373 g/mol. The van der Waals surface area contributed by atoms with Crippen LogP contribution in [0.2, 0.25) is 0 Å². The molecular formula is C18H16N2OS3. The number of thioether (sulfide) groups is 2. The third-order valence-electron chi connectivity index (χ3n) is 3.72. The van der Waals surface area contributed by atoms with Gasteiger partial charge in [0.2, 0.25) is 0 Å². The Bertz CT molecular complexity index is 840. The predicted octanol–water partition coefficient (Wildman–Crippen LogP) is 4.96. The number of methoxy groups -OCH3 is 1. The van der Waals surface area contributed by atoms with Gasteiger partial charge in [-0.15, -0.1) is 23.1 Å². The van der Waals surface area contributed by atoms with Crippen molar-refractivity contribution >= 4 is 50.1 Å². The van der Waals surface area contributed by atoms with E-state index < -0.39 is 0 Å². The van der Waals surface area contributed by atoms with E-state index in [0.29, 0.717) is 5.25 Å². The number of ether oxygens (including phenoxy) is 1. The Morgan fingerprint density at radius 1 is 1.17 bits per heavy atom. The van der Waals surface area contributed by atoms with E-state index in [1.54, 1.807) is 18.4 Å². The molecule has 122 valence electrons. The standard InChI is InChI=1S/C18H16N2OS3/c1-21-13-8-6-12(7-9-13)17-19-10-14(23-17)11-22-18-20-15-4-2-3-5-16(15)24-18/h2-9,14H,10-11H2,1H3. The maximum atomic E-state index is 5.21. The maximum absolute atomic E-state index is 5.21. The highest BCUT2D eigenvalue weighted by Crippen LogP contribution is 2.34. The monoisotopic (exact) mass is 372 g/mol. The van der Waals surface area contributed by atoms with Crippen LogP contribution in [0.3, 0.4) is 0 Å². The first kappa shape index (κ1) is 16.0. The molecule has 1 aliphatic heterocycles. The zero-order valence-corrected chi connectivity index (χ0v) is 15.6. The molecule has 0 fully saturated rings. The Hall–Kier alpha value is -1.50. The molecule has 0 saturated carbocycles. The Kier molecular flexibility index (Phi) is 4.78. The van der Waals surface area contributed by atoms with Crippen molar-refractivity contribution in [3.05, 3.63) is 54.1 Å². The van der Waals surface area contributed by atoms with Crippen LogP contribution in [-0.4, -0.2) is 34.7 Å². The Morgan fingerprint density at radius 3 is 2.79 bits per heavy atom. The van der Waals surface area contributed by atoms with Crippen LogP contribution in [0.4, 0.5) is 0 Å². The van der Waals surface area contributed by atoms with Crippen molar-refractivity contribution in [1.82, 2.24) is 4.98 Å². The Morgan fingerprint density at radius 2 is 2.00 bits per heavy atom. The molecule has 0 amide bonds. The fourth-order valence-corrected chi connectivity index (χ4v) is 5.84. The molecule has 24 heavy (non-hydrogen) atoms. The number of aliphatic imine (C=N–C) groups is 1. The van der Waals surface area contributed by atoms with Crippen LogP contribution in [0.5, 0.6) is 5.75 Å². The van der Waals surface area contributed by atoms with Gasteiger partial charge >= 0.3 is 0 Å². The summed E-state index contributed by atoms with van der Waals surface area (Å²) in [5, 5.41) is 1.65. The molecule has 3 aromatic rings. The normalized spacial score (nSPS) is 17.2. The average Bonchev–Trinajstić information content (AvgIpc) is 3.26. The number of aromatic nitrogens is 1. The minimum absolute atomic E-state index is 0.513. The van der Waals surface area contributed by atoms with Gasteiger partial charge in [-0.05, 0) is 36.4 Å². The lowest BCUT2D eigenvalue weighted by molar-refractivity contribution is 0.415. The molecule has 3 nitrogen and oxygen atoms in total. The van der Waals surface area contributed by atoms with Crippen LogP contribution in [0.15, 0.2) is 57.9 Å². The summed E-state index contributed by atoms with van der Waals surface area (Å²) in [6, 6.07) is 16.4. The highest BCUT2D eigenvalue weighted by Gasteiger charge is 2.21. The lowest BCUT2D eigenvalue weighted by atomic mass is 10.2. The summed E-state index contributed by atoms with van der Waals surface area (Å²) >= 11 is 5.48. The molecule has 1 aromatic heterocycles. The van der Waals surface area contributed by atoms with Crippen LogP contribution in [0.1, 0.15) is 5.56 Å². The maximum Gasteiger partial charge on any atom is 0.151 e. The van der Waals surface area contributed by atoms with E-state index in [4.69, 9.17) is 14.7 Å². The Balaban J connectivity index is 1.35. The smallest absolute Gasteiger partial charge is 0.151 e. The van der Waals surface area contributed by atoms with E-state index in [-0.39, 0.29) is 0 Å². The molecule has 0 bridgehead atoms. The molecule has 1 unspecified atom stereocenters. The molecule has 0 saturated heterocycles. The third-order valence-corrected chi connectivity index (χ3v) is 7.51. The molecule has 1 aliphatic rings. The minimum Gasteiger partial charge on any atom is -0.497 e. The highest BCUT2D eigenvalue weighted by atomic mass is 32.2. The zero-order chi connectivity index (χ0) is 16.4. The summed E-state index contributed by atoms with van der Waals surface area (Å²) < 4.78 is 7.62. The highest BCUT2D eigenvalue weighted by molar-refractivity contribution is 8.16. The van der Waals surface area contributed by atoms with Crippen molar-refractivity contribution in [2.24, 2.45) is 4.99 Å². The van der Waals surface area contributed by atoms with Crippen LogP contribution < -0.4 is 4.74 Å². The quantitative estimate of drug-likeness (QED) is 0.593. The molecule has 0 spiro atoms. The number of benzene rings is 2. The van der Waals surface area contributed by atoms with Gasteiger partial charge in [0.05, 0.1) is 28.9 Å². The van der Waals surface area contributed by atoms with Crippen LogP contribution in [0.25, 0.3) is 10.2 Å². The molecule has 1 atom stereocenters. The van der Waals surface area contributed by atoms with Crippen molar-refractivity contribution in [2.75, 3.05) is 19.4 Å².